The van der Waals surface area contributed by atoms with Crippen molar-refractivity contribution in [1.82, 2.24) is 19.4 Å². The van der Waals surface area contributed by atoms with E-state index in [1.807, 2.05) is 13.8 Å². The van der Waals surface area contributed by atoms with Gasteiger partial charge in [-0.1, -0.05) is 0 Å². The highest BCUT2D eigenvalue weighted by Crippen LogP contribution is 2.23. The minimum absolute atomic E-state index is 0.0448. The number of carbonyl (C=O) groups is 1. The zero-order valence-corrected chi connectivity index (χ0v) is 17.0. The molecule has 27 heavy (non-hydrogen) atoms. The normalized spacial score (nSPS) is 20.4. The Labute approximate surface area is 161 Å². The quantitative estimate of drug-likeness (QED) is 0.728. The second kappa shape index (κ2) is 8.72. The molecule has 9 heteroatoms. The molecule has 0 spiro atoms. The minimum Gasteiger partial charge on any atom is -0.447 e. The fraction of sp³-hybridized carbons (Fsp3) is 0.722. The number of nitrogens with zero attached hydrogens (tertiary/aromatic N) is 3. The molecule has 2 fully saturated rings. The first-order valence-electron chi connectivity index (χ1n) is 9.67. The van der Waals surface area contributed by atoms with E-state index in [0.29, 0.717) is 31.9 Å². The molecule has 152 valence electrons. The van der Waals surface area contributed by atoms with Gasteiger partial charge in [-0.2, -0.15) is 4.31 Å². The highest BCUT2D eigenvalue weighted by atomic mass is 32.2. The first kappa shape index (κ1) is 20.3. The number of hydrogen-bond acceptors (Lipinski definition) is 6. The van der Waals surface area contributed by atoms with Crippen LogP contribution in [0.4, 0.5) is 0 Å². The highest BCUT2D eigenvalue weighted by Gasteiger charge is 2.30. The smallest absolute Gasteiger partial charge is 0.276 e. The molecule has 1 amide bonds. The van der Waals surface area contributed by atoms with Gasteiger partial charge in [-0.05, 0) is 38.8 Å². The molecule has 1 N–H and O–H groups in total. The van der Waals surface area contributed by atoms with Crippen LogP contribution in [0.2, 0.25) is 0 Å². The van der Waals surface area contributed by atoms with Gasteiger partial charge in [0.25, 0.3) is 10.0 Å². The number of amides is 1. The Balaban J connectivity index is 1.48. The predicted molar refractivity (Wildman–Crippen MR) is 102 cm³/mol. The maximum atomic E-state index is 12.5. The van der Waals surface area contributed by atoms with Crippen LogP contribution < -0.4 is 5.32 Å². The van der Waals surface area contributed by atoms with Crippen LogP contribution >= 0.6 is 0 Å². The second-order valence-electron chi connectivity index (χ2n) is 7.61. The maximum Gasteiger partial charge on any atom is 0.276 e. The second-order valence-corrected chi connectivity index (χ2v) is 9.48. The van der Waals surface area contributed by atoms with Crippen molar-refractivity contribution in [3.05, 3.63) is 17.9 Å². The Kier molecular flexibility index (Phi) is 6.56. The van der Waals surface area contributed by atoms with E-state index in [-0.39, 0.29) is 17.0 Å². The standard InChI is InChI=1S/C18H30N4O4S/c1-15(2)19-17(23)14-21-11-9-20(10-12-21)13-16-5-6-18(26-16)27(24,25)22-7-3-4-8-22/h5-6,15H,3-4,7-14H2,1-2H3,(H,19,23). The van der Waals surface area contributed by atoms with Crippen molar-refractivity contribution in [2.75, 3.05) is 45.8 Å². The van der Waals surface area contributed by atoms with Crippen molar-refractivity contribution in [3.63, 3.8) is 0 Å². The van der Waals surface area contributed by atoms with Crippen LogP contribution in [0.1, 0.15) is 32.4 Å². The summed E-state index contributed by atoms with van der Waals surface area (Å²) in [5.41, 5.74) is 0. The molecule has 0 aliphatic carbocycles. The summed E-state index contributed by atoms with van der Waals surface area (Å²) in [7, 11) is -3.50. The average molecular weight is 399 g/mol. The fourth-order valence-corrected chi connectivity index (χ4v) is 4.98. The Morgan fingerprint density at radius 2 is 1.70 bits per heavy atom. The number of carbonyl (C=O) groups excluding carboxylic acids is 1. The Bertz CT molecular complexity index is 732. The van der Waals surface area contributed by atoms with E-state index < -0.39 is 10.0 Å². The van der Waals surface area contributed by atoms with E-state index in [0.717, 1.165) is 39.0 Å². The van der Waals surface area contributed by atoms with Crippen molar-refractivity contribution in [2.24, 2.45) is 0 Å². The number of piperazine rings is 1. The van der Waals surface area contributed by atoms with Crippen molar-refractivity contribution >= 4 is 15.9 Å². The third kappa shape index (κ3) is 5.31. The molecule has 2 aliphatic heterocycles. The lowest BCUT2D eigenvalue weighted by Gasteiger charge is -2.33. The topological polar surface area (TPSA) is 86.1 Å². The van der Waals surface area contributed by atoms with E-state index in [4.69, 9.17) is 4.42 Å². The van der Waals surface area contributed by atoms with Gasteiger partial charge in [-0.3, -0.25) is 14.6 Å². The molecule has 0 radical (unpaired) electrons. The molecule has 0 atom stereocenters. The number of furan rings is 1. The van der Waals surface area contributed by atoms with Gasteiger partial charge in [-0.15, -0.1) is 0 Å². The molecule has 2 aliphatic rings. The summed E-state index contributed by atoms with van der Waals surface area (Å²) < 4.78 is 32.2. The van der Waals surface area contributed by atoms with Crippen LogP contribution in [0.15, 0.2) is 21.6 Å². The molecule has 1 aromatic rings. The largest absolute Gasteiger partial charge is 0.447 e. The fourth-order valence-electron chi connectivity index (χ4n) is 3.53. The van der Waals surface area contributed by atoms with Crippen molar-refractivity contribution in [2.45, 2.75) is 44.4 Å². The monoisotopic (exact) mass is 398 g/mol. The Morgan fingerprint density at radius 3 is 2.33 bits per heavy atom. The van der Waals surface area contributed by atoms with Crippen LogP contribution in [0.3, 0.4) is 0 Å². The lowest BCUT2D eigenvalue weighted by Crippen LogP contribution is -2.49. The maximum absolute atomic E-state index is 12.5. The van der Waals surface area contributed by atoms with Crippen LogP contribution in [-0.4, -0.2) is 80.3 Å². The van der Waals surface area contributed by atoms with E-state index in [1.54, 1.807) is 12.1 Å². The van der Waals surface area contributed by atoms with Gasteiger partial charge >= 0.3 is 0 Å². The lowest BCUT2D eigenvalue weighted by atomic mass is 10.3. The summed E-state index contributed by atoms with van der Waals surface area (Å²) in [5, 5.41) is 2.96. The summed E-state index contributed by atoms with van der Waals surface area (Å²) in [6.45, 7) is 9.33. The Morgan fingerprint density at radius 1 is 1.07 bits per heavy atom. The van der Waals surface area contributed by atoms with Gasteiger partial charge in [0.15, 0.2) is 0 Å². The molecular weight excluding hydrogens is 368 g/mol. The SMILES string of the molecule is CC(C)NC(=O)CN1CCN(Cc2ccc(S(=O)(=O)N3CCCC3)o2)CC1. The molecule has 2 saturated heterocycles. The Hall–Kier alpha value is -1.42. The minimum atomic E-state index is -3.50. The van der Waals surface area contributed by atoms with Crippen LogP contribution in [0.25, 0.3) is 0 Å². The molecule has 0 unspecified atom stereocenters. The zero-order valence-electron chi connectivity index (χ0n) is 16.2. The van der Waals surface area contributed by atoms with Gasteiger partial charge < -0.3 is 9.73 Å². The average Bonchev–Trinajstić information content (AvgIpc) is 3.28. The first-order chi connectivity index (χ1) is 12.8. The highest BCUT2D eigenvalue weighted by molar-refractivity contribution is 7.89. The van der Waals surface area contributed by atoms with Gasteiger partial charge in [0, 0.05) is 45.3 Å². The van der Waals surface area contributed by atoms with Crippen LogP contribution in [0.5, 0.6) is 0 Å². The summed E-state index contributed by atoms with van der Waals surface area (Å²) >= 11 is 0. The first-order valence-corrected chi connectivity index (χ1v) is 11.1. The van der Waals surface area contributed by atoms with Gasteiger partial charge in [0.05, 0.1) is 13.1 Å². The van der Waals surface area contributed by atoms with Crippen molar-refractivity contribution in [3.8, 4) is 0 Å². The van der Waals surface area contributed by atoms with Crippen LogP contribution in [-0.2, 0) is 21.4 Å². The van der Waals surface area contributed by atoms with E-state index in [9.17, 15) is 13.2 Å². The third-order valence-corrected chi connectivity index (χ3v) is 6.73. The van der Waals surface area contributed by atoms with Crippen molar-refractivity contribution < 1.29 is 17.6 Å². The molecular formula is C18H30N4O4S. The molecule has 3 heterocycles. The summed E-state index contributed by atoms with van der Waals surface area (Å²) in [4.78, 5) is 16.2. The molecule has 8 nitrogen and oxygen atoms in total. The predicted octanol–water partition coefficient (Wildman–Crippen LogP) is 0.706. The number of sulfonamides is 1. The molecule has 3 rings (SSSR count). The van der Waals surface area contributed by atoms with Gasteiger partial charge in [-0.25, -0.2) is 8.42 Å². The van der Waals surface area contributed by atoms with E-state index >= 15 is 0 Å². The summed E-state index contributed by atoms with van der Waals surface area (Å²) in [6.07, 6.45) is 1.82. The number of nitrogens with one attached hydrogen (secondary N) is 1. The van der Waals surface area contributed by atoms with Gasteiger partial charge in [0.1, 0.15) is 5.76 Å². The number of rotatable bonds is 7. The third-order valence-electron chi connectivity index (χ3n) is 4.96. The van der Waals surface area contributed by atoms with E-state index in [2.05, 4.69) is 15.1 Å². The zero-order chi connectivity index (χ0) is 19.4. The van der Waals surface area contributed by atoms with Crippen molar-refractivity contribution in [1.29, 1.82) is 0 Å². The van der Waals surface area contributed by atoms with E-state index in [1.165, 1.54) is 4.31 Å². The summed E-state index contributed by atoms with van der Waals surface area (Å²) in [5.74, 6) is 0.722. The molecule has 0 saturated carbocycles. The van der Waals surface area contributed by atoms with Crippen LogP contribution in [0, 0.1) is 0 Å². The van der Waals surface area contributed by atoms with Gasteiger partial charge in [0.2, 0.25) is 11.0 Å². The lowest BCUT2D eigenvalue weighted by molar-refractivity contribution is -0.123. The number of hydrogen-bond donors (Lipinski definition) is 1. The summed E-state index contributed by atoms with van der Waals surface area (Å²) in [6, 6.07) is 3.48. The molecule has 0 aromatic carbocycles. The molecule has 0 bridgehead atoms. The molecule has 1 aromatic heterocycles.